The Morgan fingerprint density at radius 3 is 2.21 bits per heavy atom. The summed E-state index contributed by atoms with van der Waals surface area (Å²) >= 11 is 0. The van der Waals surface area contributed by atoms with Gasteiger partial charge in [0.1, 0.15) is 17.2 Å². The number of carbonyl (C=O) groups is 2. The molecule has 0 fully saturated rings. The number of ether oxygens (including phenoxy) is 3. The zero-order valence-electron chi connectivity index (χ0n) is 13.8. The Balaban J connectivity index is 1.98. The van der Waals surface area contributed by atoms with Gasteiger partial charge in [-0.05, 0) is 19.1 Å². The van der Waals surface area contributed by atoms with Gasteiger partial charge in [0.25, 0.3) is 5.91 Å². The van der Waals surface area contributed by atoms with Gasteiger partial charge in [-0.1, -0.05) is 12.1 Å². The number of amides is 1. The maximum Gasteiger partial charge on any atom is 0.262 e. The molecule has 0 aliphatic carbocycles. The zero-order valence-corrected chi connectivity index (χ0v) is 13.8. The number of anilines is 1. The molecule has 1 N–H and O–H groups in total. The van der Waals surface area contributed by atoms with Crippen LogP contribution in [0.1, 0.15) is 17.3 Å². The summed E-state index contributed by atoms with van der Waals surface area (Å²) in [6.07, 6.45) is 0. The average molecular weight is 329 g/mol. The normalized spacial score (nSPS) is 9.96. The first-order valence-corrected chi connectivity index (χ1v) is 7.28. The lowest BCUT2D eigenvalue weighted by atomic mass is 10.1. The Morgan fingerprint density at radius 2 is 1.62 bits per heavy atom. The molecule has 126 valence electrons. The maximum absolute atomic E-state index is 12.0. The lowest BCUT2D eigenvalue weighted by molar-refractivity contribution is -0.118. The van der Waals surface area contributed by atoms with Crippen molar-refractivity contribution in [1.82, 2.24) is 0 Å². The highest BCUT2D eigenvalue weighted by Crippen LogP contribution is 2.25. The molecule has 0 saturated carbocycles. The number of carbonyl (C=O) groups excluding carboxylic acids is 2. The predicted octanol–water partition coefficient (Wildman–Crippen LogP) is 2.92. The van der Waals surface area contributed by atoms with Gasteiger partial charge in [-0.25, -0.2) is 0 Å². The molecule has 6 heteroatoms. The second-order valence-electron chi connectivity index (χ2n) is 5.02. The molecule has 0 aliphatic heterocycles. The van der Waals surface area contributed by atoms with E-state index in [2.05, 4.69) is 5.32 Å². The summed E-state index contributed by atoms with van der Waals surface area (Å²) < 4.78 is 15.7. The average Bonchev–Trinajstić information content (AvgIpc) is 2.59. The Labute approximate surface area is 140 Å². The number of ketones is 1. The molecule has 2 aromatic rings. The third-order valence-corrected chi connectivity index (χ3v) is 3.25. The Hall–Kier alpha value is -3.02. The summed E-state index contributed by atoms with van der Waals surface area (Å²) in [6.45, 7) is 1.29. The molecule has 0 radical (unpaired) electrons. The van der Waals surface area contributed by atoms with Crippen LogP contribution in [0.15, 0.2) is 42.5 Å². The highest BCUT2D eigenvalue weighted by molar-refractivity contribution is 5.94. The van der Waals surface area contributed by atoms with Crippen LogP contribution in [-0.4, -0.2) is 32.5 Å². The molecule has 0 aliphatic rings. The molecule has 0 unspecified atom stereocenters. The smallest absolute Gasteiger partial charge is 0.262 e. The largest absolute Gasteiger partial charge is 0.497 e. The van der Waals surface area contributed by atoms with Gasteiger partial charge in [0.2, 0.25) is 0 Å². The van der Waals surface area contributed by atoms with E-state index < -0.39 is 0 Å². The summed E-state index contributed by atoms with van der Waals surface area (Å²) in [5, 5.41) is 2.71. The molecule has 0 spiro atoms. The molecule has 24 heavy (non-hydrogen) atoms. The molecule has 0 atom stereocenters. The van der Waals surface area contributed by atoms with Crippen molar-refractivity contribution in [2.24, 2.45) is 0 Å². The van der Waals surface area contributed by atoms with E-state index in [9.17, 15) is 9.59 Å². The molecule has 0 bridgehead atoms. The van der Waals surface area contributed by atoms with Crippen LogP contribution in [0.25, 0.3) is 0 Å². The van der Waals surface area contributed by atoms with Crippen LogP contribution in [0.2, 0.25) is 0 Å². The third kappa shape index (κ3) is 4.74. The summed E-state index contributed by atoms with van der Waals surface area (Å²) in [7, 11) is 3.07. The summed E-state index contributed by atoms with van der Waals surface area (Å²) in [5.74, 6) is 1.20. The molecule has 2 aromatic carbocycles. The summed E-state index contributed by atoms with van der Waals surface area (Å²) in [4.78, 5) is 23.4. The van der Waals surface area contributed by atoms with E-state index >= 15 is 0 Å². The first-order chi connectivity index (χ1) is 11.5. The van der Waals surface area contributed by atoms with Crippen molar-refractivity contribution in [2.45, 2.75) is 6.92 Å². The van der Waals surface area contributed by atoms with E-state index in [0.29, 0.717) is 28.5 Å². The predicted molar refractivity (Wildman–Crippen MR) is 90.1 cm³/mol. The van der Waals surface area contributed by atoms with Gasteiger partial charge < -0.3 is 19.5 Å². The maximum atomic E-state index is 12.0. The van der Waals surface area contributed by atoms with E-state index in [1.807, 2.05) is 0 Å². The van der Waals surface area contributed by atoms with Crippen LogP contribution in [-0.2, 0) is 4.79 Å². The summed E-state index contributed by atoms with van der Waals surface area (Å²) in [5.41, 5.74) is 1.07. The van der Waals surface area contributed by atoms with Gasteiger partial charge in [-0.15, -0.1) is 0 Å². The molecule has 6 nitrogen and oxygen atoms in total. The minimum atomic E-state index is -0.335. The molecule has 0 heterocycles. The van der Waals surface area contributed by atoms with E-state index in [0.717, 1.165) is 0 Å². The lowest BCUT2D eigenvalue weighted by Crippen LogP contribution is -2.20. The second kappa shape index (κ2) is 8.01. The Bertz CT molecular complexity index is 720. The number of rotatable bonds is 7. The Morgan fingerprint density at radius 1 is 0.958 bits per heavy atom. The first-order valence-electron chi connectivity index (χ1n) is 7.28. The van der Waals surface area contributed by atoms with Crippen LogP contribution in [0, 0.1) is 0 Å². The van der Waals surface area contributed by atoms with Gasteiger partial charge in [0.05, 0.1) is 14.2 Å². The monoisotopic (exact) mass is 329 g/mol. The Kier molecular flexibility index (Phi) is 5.78. The number of nitrogens with one attached hydrogen (secondary N) is 1. The fraction of sp³-hybridized carbons (Fsp3) is 0.222. The molecule has 0 aromatic heterocycles. The van der Waals surface area contributed by atoms with Gasteiger partial charge in [-0.2, -0.15) is 0 Å². The first kappa shape index (κ1) is 17.3. The topological polar surface area (TPSA) is 73.9 Å². The standard InChI is InChI=1S/C18H19NO5/c1-12(20)13-5-4-6-15(7-13)24-11-18(21)19-14-8-16(22-2)10-17(9-14)23-3/h4-10H,11H2,1-3H3,(H,19,21). The van der Waals surface area contributed by atoms with Crippen molar-refractivity contribution in [3.63, 3.8) is 0 Å². The van der Waals surface area contributed by atoms with Gasteiger partial charge in [0, 0.05) is 29.4 Å². The fourth-order valence-electron chi connectivity index (χ4n) is 2.03. The third-order valence-electron chi connectivity index (χ3n) is 3.25. The second-order valence-corrected chi connectivity index (χ2v) is 5.02. The van der Waals surface area contributed by atoms with E-state index in [4.69, 9.17) is 14.2 Å². The quantitative estimate of drug-likeness (QED) is 0.791. The number of hydrogen-bond donors (Lipinski definition) is 1. The molecular formula is C18H19NO5. The molecule has 2 rings (SSSR count). The molecule has 0 saturated heterocycles. The minimum Gasteiger partial charge on any atom is -0.497 e. The highest BCUT2D eigenvalue weighted by atomic mass is 16.5. The summed E-state index contributed by atoms with van der Waals surface area (Å²) in [6, 6.07) is 11.8. The van der Waals surface area contributed by atoms with Crippen molar-refractivity contribution < 1.29 is 23.8 Å². The molecule has 1 amide bonds. The number of Topliss-reactive ketones (excluding diaryl/α,β-unsaturated/α-hetero) is 1. The van der Waals surface area contributed by atoms with Gasteiger partial charge >= 0.3 is 0 Å². The highest BCUT2D eigenvalue weighted by Gasteiger charge is 2.08. The van der Waals surface area contributed by atoms with Crippen LogP contribution >= 0.6 is 0 Å². The van der Waals surface area contributed by atoms with E-state index in [1.54, 1.807) is 42.5 Å². The number of benzene rings is 2. The van der Waals surface area contributed by atoms with Crippen molar-refractivity contribution in [3.05, 3.63) is 48.0 Å². The van der Waals surface area contributed by atoms with Crippen LogP contribution in [0.5, 0.6) is 17.2 Å². The van der Waals surface area contributed by atoms with Gasteiger partial charge in [0.15, 0.2) is 12.4 Å². The van der Waals surface area contributed by atoms with Crippen molar-refractivity contribution >= 4 is 17.4 Å². The van der Waals surface area contributed by atoms with Crippen LogP contribution in [0.4, 0.5) is 5.69 Å². The van der Waals surface area contributed by atoms with Crippen molar-refractivity contribution in [2.75, 3.05) is 26.1 Å². The minimum absolute atomic E-state index is 0.0617. The van der Waals surface area contributed by atoms with E-state index in [1.165, 1.54) is 21.1 Å². The van der Waals surface area contributed by atoms with Gasteiger partial charge in [-0.3, -0.25) is 9.59 Å². The molecular weight excluding hydrogens is 310 g/mol. The fourth-order valence-corrected chi connectivity index (χ4v) is 2.03. The van der Waals surface area contributed by atoms with E-state index in [-0.39, 0.29) is 18.3 Å². The van der Waals surface area contributed by atoms with Crippen molar-refractivity contribution in [1.29, 1.82) is 0 Å². The number of methoxy groups -OCH3 is 2. The lowest BCUT2D eigenvalue weighted by Gasteiger charge is -2.11. The number of hydrogen-bond acceptors (Lipinski definition) is 5. The van der Waals surface area contributed by atoms with Crippen molar-refractivity contribution in [3.8, 4) is 17.2 Å². The zero-order chi connectivity index (χ0) is 17.5. The SMILES string of the molecule is COc1cc(NC(=O)COc2cccc(C(C)=O)c2)cc(OC)c1. The van der Waals surface area contributed by atoms with Crippen LogP contribution in [0.3, 0.4) is 0 Å². The van der Waals surface area contributed by atoms with Crippen LogP contribution < -0.4 is 19.5 Å².